The van der Waals surface area contributed by atoms with Crippen molar-refractivity contribution in [3.8, 4) is 0 Å². The summed E-state index contributed by atoms with van der Waals surface area (Å²) in [7, 11) is 0. The Labute approximate surface area is 138 Å². The molecule has 136 valence electrons. The molecule has 0 fully saturated rings. The Hall–Kier alpha value is -2.06. The fourth-order valence-electron chi connectivity index (χ4n) is 2.07. The van der Waals surface area contributed by atoms with Crippen LogP contribution in [-0.2, 0) is 4.79 Å². The van der Waals surface area contributed by atoms with Crippen molar-refractivity contribution in [1.82, 2.24) is 15.8 Å². The van der Waals surface area contributed by atoms with Crippen molar-refractivity contribution >= 4 is 11.8 Å². The second-order valence-electron chi connectivity index (χ2n) is 6.31. The summed E-state index contributed by atoms with van der Waals surface area (Å²) in [5, 5.41) is 8.69. The summed E-state index contributed by atoms with van der Waals surface area (Å²) in [5.74, 6) is -1.18. The van der Waals surface area contributed by atoms with Crippen LogP contribution in [0.3, 0.4) is 0 Å². The van der Waals surface area contributed by atoms with E-state index in [1.54, 1.807) is 13.8 Å². The van der Waals surface area contributed by atoms with E-state index in [-0.39, 0.29) is 12.2 Å². The van der Waals surface area contributed by atoms with Gasteiger partial charge in [-0.2, -0.15) is 13.2 Å². The number of rotatable bonds is 7. The number of aromatic nitrogens is 1. The van der Waals surface area contributed by atoms with E-state index in [1.165, 1.54) is 20.1 Å². The second-order valence-corrected chi connectivity index (χ2v) is 6.31. The van der Waals surface area contributed by atoms with E-state index in [9.17, 15) is 22.8 Å². The van der Waals surface area contributed by atoms with Crippen LogP contribution in [0.5, 0.6) is 0 Å². The fraction of sp³-hybridized carbons (Fsp3) is 0.667. The van der Waals surface area contributed by atoms with Crippen LogP contribution in [0.25, 0.3) is 0 Å². The highest BCUT2D eigenvalue weighted by atomic mass is 19.4. The average Bonchev–Trinajstić information content (AvgIpc) is 2.86. The van der Waals surface area contributed by atoms with Gasteiger partial charge in [-0.15, -0.1) is 0 Å². The van der Waals surface area contributed by atoms with E-state index in [0.29, 0.717) is 12.0 Å². The number of carbonyl (C=O) groups excluding carboxylic acids is 2. The van der Waals surface area contributed by atoms with Gasteiger partial charge >= 0.3 is 6.18 Å². The van der Waals surface area contributed by atoms with Gasteiger partial charge in [-0.05, 0) is 13.3 Å². The Morgan fingerprint density at radius 2 is 1.96 bits per heavy atom. The van der Waals surface area contributed by atoms with Crippen LogP contribution in [0.15, 0.2) is 10.8 Å². The molecule has 0 aliphatic carbocycles. The van der Waals surface area contributed by atoms with Gasteiger partial charge in [-0.3, -0.25) is 9.59 Å². The minimum Gasteiger partial charge on any atom is -0.364 e. The molecule has 0 spiro atoms. The fourth-order valence-corrected chi connectivity index (χ4v) is 2.07. The van der Waals surface area contributed by atoms with E-state index in [0.717, 1.165) is 0 Å². The molecule has 6 nitrogen and oxygen atoms in total. The maximum atomic E-state index is 12.5. The average molecular weight is 349 g/mol. The van der Waals surface area contributed by atoms with Gasteiger partial charge in [-0.25, -0.2) is 0 Å². The lowest BCUT2D eigenvalue weighted by Gasteiger charge is -2.27. The summed E-state index contributed by atoms with van der Waals surface area (Å²) in [6.45, 7) is 5.97. The van der Waals surface area contributed by atoms with E-state index in [2.05, 4.69) is 20.3 Å². The molecule has 1 aromatic rings. The largest absolute Gasteiger partial charge is 0.390 e. The molecule has 0 aromatic carbocycles. The molecule has 1 aromatic heterocycles. The molecule has 2 amide bonds. The number of halogens is 3. The molecule has 0 bridgehead atoms. The van der Waals surface area contributed by atoms with Gasteiger partial charge in [0.15, 0.2) is 5.69 Å². The number of nitrogens with zero attached hydrogens (tertiary/aromatic N) is 1. The minimum absolute atomic E-state index is 0.0788. The van der Waals surface area contributed by atoms with Crippen molar-refractivity contribution in [3.05, 3.63) is 17.5 Å². The lowest BCUT2D eigenvalue weighted by Crippen LogP contribution is -2.48. The molecule has 0 saturated carbocycles. The predicted octanol–water partition coefficient (Wildman–Crippen LogP) is 2.59. The SMILES string of the molecule is CCC(CNC(=O)c1nocc1C)NC(=O)C(C)(C)CC(F)(F)F. The Kier molecular flexibility index (Phi) is 6.39. The minimum atomic E-state index is -4.43. The summed E-state index contributed by atoms with van der Waals surface area (Å²) in [6, 6.07) is -0.485. The van der Waals surface area contributed by atoms with Gasteiger partial charge in [0.25, 0.3) is 5.91 Å². The number of alkyl halides is 3. The molecular formula is C15H22F3N3O3. The van der Waals surface area contributed by atoms with Crippen LogP contribution >= 0.6 is 0 Å². The second kappa shape index (κ2) is 7.67. The molecule has 1 atom stereocenters. The molecular weight excluding hydrogens is 327 g/mol. The van der Waals surface area contributed by atoms with Crippen molar-refractivity contribution in [1.29, 1.82) is 0 Å². The van der Waals surface area contributed by atoms with Crippen LogP contribution < -0.4 is 10.6 Å². The molecule has 1 rings (SSSR count). The molecule has 0 aliphatic rings. The van der Waals surface area contributed by atoms with Gasteiger partial charge in [0.2, 0.25) is 5.91 Å². The quantitative estimate of drug-likeness (QED) is 0.792. The van der Waals surface area contributed by atoms with Crippen LogP contribution in [0.4, 0.5) is 13.2 Å². The molecule has 2 N–H and O–H groups in total. The lowest BCUT2D eigenvalue weighted by atomic mass is 9.87. The first-order valence-electron chi connectivity index (χ1n) is 7.53. The number of amides is 2. The Morgan fingerprint density at radius 3 is 2.42 bits per heavy atom. The maximum absolute atomic E-state index is 12.5. The first-order valence-corrected chi connectivity index (χ1v) is 7.53. The molecule has 1 unspecified atom stereocenters. The zero-order chi connectivity index (χ0) is 18.5. The van der Waals surface area contributed by atoms with Gasteiger partial charge in [0.05, 0.1) is 11.8 Å². The molecule has 9 heteroatoms. The van der Waals surface area contributed by atoms with Crippen molar-refractivity contribution < 1.29 is 27.3 Å². The Bertz CT molecular complexity index is 582. The van der Waals surface area contributed by atoms with Crippen molar-refractivity contribution in [2.24, 2.45) is 5.41 Å². The third-order valence-corrected chi connectivity index (χ3v) is 3.56. The molecule has 24 heavy (non-hydrogen) atoms. The maximum Gasteiger partial charge on any atom is 0.390 e. The molecule has 0 aliphatic heterocycles. The van der Waals surface area contributed by atoms with Crippen molar-refractivity contribution in [2.75, 3.05) is 6.54 Å². The van der Waals surface area contributed by atoms with Crippen LogP contribution in [0.2, 0.25) is 0 Å². The monoisotopic (exact) mass is 349 g/mol. The predicted molar refractivity (Wildman–Crippen MR) is 80.2 cm³/mol. The zero-order valence-electron chi connectivity index (χ0n) is 14.1. The molecule has 0 radical (unpaired) electrons. The first-order chi connectivity index (χ1) is 11.0. The number of nitrogens with one attached hydrogen (secondary N) is 2. The number of carbonyl (C=O) groups is 2. The smallest absolute Gasteiger partial charge is 0.364 e. The molecule has 1 heterocycles. The normalized spacial score (nSPS) is 13.5. The third kappa shape index (κ3) is 5.86. The number of hydrogen-bond donors (Lipinski definition) is 2. The zero-order valence-corrected chi connectivity index (χ0v) is 14.1. The Morgan fingerprint density at radius 1 is 1.33 bits per heavy atom. The standard InChI is InChI=1S/C15H22F3N3O3/c1-5-10(6-19-12(22)11-9(2)7-24-21-11)20-13(23)14(3,4)8-15(16,17)18/h7,10H,5-6,8H2,1-4H3,(H,19,22)(H,20,23). The van der Waals surface area contributed by atoms with E-state index < -0.39 is 35.9 Å². The highest BCUT2D eigenvalue weighted by Crippen LogP contribution is 2.33. The summed E-state index contributed by atoms with van der Waals surface area (Å²) < 4.78 is 42.2. The summed E-state index contributed by atoms with van der Waals surface area (Å²) >= 11 is 0. The number of aryl methyl sites for hydroxylation is 1. The van der Waals surface area contributed by atoms with Crippen molar-refractivity contribution in [3.63, 3.8) is 0 Å². The molecule has 0 saturated heterocycles. The summed E-state index contributed by atoms with van der Waals surface area (Å²) in [6.07, 6.45) is -3.87. The van der Waals surface area contributed by atoms with Crippen LogP contribution in [0, 0.1) is 12.3 Å². The highest BCUT2D eigenvalue weighted by Gasteiger charge is 2.41. The lowest BCUT2D eigenvalue weighted by molar-refractivity contribution is -0.165. The van der Waals surface area contributed by atoms with Gasteiger partial charge in [0.1, 0.15) is 6.26 Å². The third-order valence-electron chi connectivity index (χ3n) is 3.56. The summed E-state index contributed by atoms with van der Waals surface area (Å²) in [5.41, 5.74) is -0.886. The van der Waals surface area contributed by atoms with Crippen LogP contribution in [0.1, 0.15) is 49.7 Å². The highest BCUT2D eigenvalue weighted by molar-refractivity contribution is 5.93. The van der Waals surface area contributed by atoms with Crippen LogP contribution in [-0.4, -0.2) is 35.7 Å². The first kappa shape index (κ1) is 20.0. The van der Waals surface area contributed by atoms with E-state index >= 15 is 0 Å². The van der Waals surface area contributed by atoms with Gasteiger partial charge in [0, 0.05) is 18.2 Å². The van der Waals surface area contributed by atoms with Gasteiger partial charge in [-0.1, -0.05) is 25.9 Å². The van der Waals surface area contributed by atoms with Crippen molar-refractivity contribution in [2.45, 2.75) is 52.8 Å². The van der Waals surface area contributed by atoms with E-state index in [4.69, 9.17) is 0 Å². The van der Waals surface area contributed by atoms with E-state index in [1.807, 2.05) is 0 Å². The van der Waals surface area contributed by atoms with Gasteiger partial charge < -0.3 is 15.2 Å². The number of hydrogen-bond acceptors (Lipinski definition) is 4. The Balaban J connectivity index is 2.59. The summed E-state index contributed by atoms with van der Waals surface area (Å²) in [4.78, 5) is 24.0. The topological polar surface area (TPSA) is 84.2 Å².